The number of amides is 2. The van der Waals surface area contributed by atoms with Crippen molar-refractivity contribution in [3.63, 3.8) is 0 Å². The van der Waals surface area contributed by atoms with Gasteiger partial charge >= 0.3 is 6.18 Å². The van der Waals surface area contributed by atoms with E-state index in [9.17, 15) is 22.8 Å². The molecule has 0 saturated heterocycles. The molecule has 0 unspecified atom stereocenters. The summed E-state index contributed by atoms with van der Waals surface area (Å²) in [6, 6.07) is 9.67. The number of thiazole rings is 1. The summed E-state index contributed by atoms with van der Waals surface area (Å²) in [4.78, 5) is 31.2. The Morgan fingerprint density at radius 2 is 1.86 bits per heavy atom. The molecule has 0 saturated carbocycles. The van der Waals surface area contributed by atoms with E-state index in [1.165, 1.54) is 13.1 Å². The van der Waals surface area contributed by atoms with Gasteiger partial charge in [0.1, 0.15) is 16.4 Å². The number of aromatic nitrogens is 5. The Balaban J connectivity index is 1.75. The molecular weight excluding hydrogens is 554 g/mol. The van der Waals surface area contributed by atoms with Crippen LogP contribution >= 0.6 is 34.5 Å². The molecule has 0 aliphatic heterocycles. The normalized spacial score (nSPS) is 11.4. The third-order valence-corrected chi connectivity index (χ3v) is 6.59. The maximum Gasteiger partial charge on any atom is 0.455 e. The highest BCUT2D eigenvalue weighted by Crippen LogP contribution is 2.35. The Morgan fingerprint density at radius 3 is 2.51 bits per heavy atom. The van der Waals surface area contributed by atoms with E-state index in [1.807, 2.05) is 0 Å². The van der Waals surface area contributed by atoms with Crippen LogP contribution < -0.4 is 10.6 Å². The summed E-state index contributed by atoms with van der Waals surface area (Å²) in [6.45, 7) is 1.40. The van der Waals surface area contributed by atoms with Crippen molar-refractivity contribution in [3.05, 3.63) is 73.3 Å². The Hall–Kier alpha value is -3.55. The number of benzene rings is 2. The second-order valence-electron chi connectivity index (χ2n) is 7.58. The Labute approximate surface area is 221 Å². The molecule has 0 radical (unpaired) electrons. The minimum absolute atomic E-state index is 0.108. The minimum Gasteiger partial charge on any atom is -0.355 e. The summed E-state index contributed by atoms with van der Waals surface area (Å²) in [5.74, 6) is -2.47. The van der Waals surface area contributed by atoms with Gasteiger partial charge in [0.05, 0.1) is 22.0 Å². The fourth-order valence-corrected chi connectivity index (χ4v) is 4.81. The highest BCUT2D eigenvalue weighted by molar-refractivity contribution is 7.14. The third-order valence-electron chi connectivity index (χ3n) is 5.00. The van der Waals surface area contributed by atoms with Crippen molar-refractivity contribution in [1.29, 1.82) is 0 Å². The van der Waals surface area contributed by atoms with E-state index in [2.05, 4.69) is 31.0 Å². The van der Waals surface area contributed by atoms with Crippen LogP contribution in [0.5, 0.6) is 0 Å². The number of tetrazole rings is 1. The number of aryl methyl sites for hydroxylation is 1. The summed E-state index contributed by atoms with van der Waals surface area (Å²) in [5.41, 5.74) is 1.55. The average molecular weight is 570 g/mol. The number of alkyl halides is 3. The van der Waals surface area contributed by atoms with Gasteiger partial charge in [-0.05, 0) is 35.9 Å². The van der Waals surface area contributed by atoms with E-state index in [1.54, 1.807) is 37.3 Å². The molecule has 0 spiro atoms. The van der Waals surface area contributed by atoms with E-state index >= 15 is 0 Å². The van der Waals surface area contributed by atoms with Crippen LogP contribution in [0.4, 0.5) is 18.9 Å². The molecule has 0 aliphatic carbocycles. The van der Waals surface area contributed by atoms with Crippen molar-refractivity contribution in [2.75, 3.05) is 12.4 Å². The van der Waals surface area contributed by atoms with Crippen LogP contribution in [0, 0.1) is 6.92 Å². The number of anilines is 1. The first-order valence-corrected chi connectivity index (χ1v) is 12.0. The summed E-state index contributed by atoms with van der Waals surface area (Å²) in [5, 5.41) is 15.8. The van der Waals surface area contributed by atoms with E-state index in [0.29, 0.717) is 21.2 Å². The van der Waals surface area contributed by atoms with E-state index in [0.717, 1.165) is 16.1 Å². The molecule has 4 aromatic rings. The third kappa shape index (κ3) is 5.73. The van der Waals surface area contributed by atoms with Gasteiger partial charge in [0, 0.05) is 17.6 Å². The first-order valence-electron chi connectivity index (χ1n) is 10.4. The van der Waals surface area contributed by atoms with Gasteiger partial charge in [0.2, 0.25) is 0 Å². The quantitative estimate of drug-likeness (QED) is 0.334. The lowest BCUT2D eigenvalue weighted by atomic mass is 10.1. The number of rotatable bonds is 6. The average Bonchev–Trinajstić information content (AvgIpc) is 3.48. The molecule has 2 aromatic carbocycles. The molecular formula is C22H16Cl2F3N7O2S. The molecule has 0 fully saturated rings. The van der Waals surface area contributed by atoms with E-state index in [4.69, 9.17) is 23.2 Å². The zero-order valence-corrected chi connectivity index (χ0v) is 21.4. The zero-order valence-electron chi connectivity index (χ0n) is 19.0. The summed E-state index contributed by atoms with van der Waals surface area (Å²) < 4.78 is 38.6. The topological polar surface area (TPSA) is 115 Å². The lowest BCUT2D eigenvalue weighted by Crippen LogP contribution is -2.22. The van der Waals surface area contributed by atoms with Crippen LogP contribution in [0.2, 0.25) is 10.0 Å². The number of nitrogens with zero attached hydrogens (tertiary/aromatic N) is 5. The molecule has 192 valence electrons. The van der Waals surface area contributed by atoms with E-state index in [-0.39, 0.29) is 33.4 Å². The standard InChI is InChI=1S/C22H16Cl2F3N7O2S/c1-10-7-11(23)8-13(19(35)28-2)16(10)30-20(36)18-17(12-5-3-4-6-14(12)24)29-15(37-18)9-34-32-21(31-33-34)22(25,26)27/h3-8H,9H2,1-2H3,(H,28,35)(H,30,36). The fraction of sp³-hybridized carbons (Fsp3) is 0.182. The Kier molecular flexibility index (Phi) is 7.48. The van der Waals surface area contributed by atoms with Gasteiger partial charge in [0.15, 0.2) is 0 Å². The van der Waals surface area contributed by atoms with Crippen molar-refractivity contribution >= 4 is 52.0 Å². The first kappa shape index (κ1) is 26.5. The lowest BCUT2D eigenvalue weighted by molar-refractivity contribution is -0.145. The van der Waals surface area contributed by atoms with Crippen molar-refractivity contribution in [1.82, 2.24) is 30.5 Å². The van der Waals surface area contributed by atoms with Gasteiger partial charge in [-0.1, -0.05) is 41.4 Å². The maximum atomic E-state index is 13.5. The van der Waals surface area contributed by atoms with Crippen LogP contribution in [-0.2, 0) is 12.7 Å². The predicted molar refractivity (Wildman–Crippen MR) is 132 cm³/mol. The SMILES string of the molecule is CNC(=O)c1cc(Cl)cc(C)c1NC(=O)c1sc(Cn2nnc(C(F)(F)F)n2)nc1-c1ccccc1Cl. The Morgan fingerprint density at radius 1 is 1.14 bits per heavy atom. The number of nitrogens with one attached hydrogen (secondary N) is 2. The summed E-state index contributed by atoms with van der Waals surface area (Å²) >= 11 is 13.4. The Bertz CT molecular complexity index is 1500. The number of hydrogen-bond acceptors (Lipinski definition) is 7. The molecule has 2 N–H and O–H groups in total. The van der Waals surface area contributed by atoms with Gasteiger partial charge in [0.25, 0.3) is 17.6 Å². The number of carbonyl (C=O) groups excluding carboxylic acids is 2. The van der Waals surface area contributed by atoms with Crippen molar-refractivity contribution in [2.45, 2.75) is 19.6 Å². The van der Waals surface area contributed by atoms with Gasteiger partial charge < -0.3 is 10.6 Å². The van der Waals surface area contributed by atoms with Crippen molar-refractivity contribution in [3.8, 4) is 11.3 Å². The molecule has 2 amide bonds. The van der Waals surface area contributed by atoms with Crippen molar-refractivity contribution < 1.29 is 22.8 Å². The van der Waals surface area contributed by atoms with Crippen LogP contribution in [0.25, 0.3) is 11.3 Å². The highest BCUT2D eigenvalue weighted by atomic mass is 35.5. The second-order valence-corrected chi connectivity index (χ2v) is 9.51. The monoisotopic (exact) mass is 569 g/mol. The second kappa shape index (κ2) is 10.4. The zero-order chi connectivity index (χ0) is 26.9. The smallest absolute Gasteiger partial charge is 0.355 e. The molecule has 15 heteroatoms. The van der Waals surface area contributed by atoms with Crippen LogP contribution in [-0.4, -0.2) is 44.1 Å². The highest BCUT2D eigenvalue weighted by Gasteiger charge is 2.37. The van der Waals surface area contributed by atoms with Gasteiger partial charge in [-0.25, -0.2) is 4.98 Å². The minimum atomic E-state index is -4.76. The molecule has 2 aromatic heterocycles. The molecule has 9 nitrogen and oxygen atoms in total. The van der Waals surface area contributed by atoms with Crippen LogP contribution in [0.3, 0.4) is 0 Å². The molecule has 37 heavy (non-hydrogen) atoms. The van der Waals surface area contributed by atoms with Gasteiger partial charge in [-0.3, -0.25) is 9.59 Å². The first-order chi connectivity index (χ1) is 17.5. The number of carbonyl (C=O) groups is 2. The molecule has 2 heterocycles. The number of halogens is 5. The lowest BCUT2D eigenvalue weighted by Gasteiger charge is -2.14. The van der Waals surface area contributed by atoms with E-state index < -0.39 is 23.8 Å². The van der Waals surface area contributed by atoms with Crippen LogP contribution in [0.1, 0.15) is 36.4 Å². The van der Waals surface area contributed by atoms with Gasteiger partial charge in [-0.15, -0.1) is 21.5 Å². The molecule has 0 aliphatic rings. The number of hydrogen-bond donors (Lipinski definition) is 2. The largest absolute Gasteiger partial charge is 0.455 e. The predicted octanol–water partition coefficient (Wildman–Crippen LogP) is 5.09. The fourth-order valence-electron chi connectivity index (χ4n) is 3.36. The maximum absolute atomic E-state index is 13.5. The van der Waals surface area contributed by atoms with Crippen LogP contribution in [0.15, 0.2) is 36.4 Å². The van der Waals surface area contributed by atoms with Crippen molar-refractivity contribution in [2.24, 2.45) is 0 Å². The molecule has 0 bridgehead atoms. The molecule has 0 atom stereocenters. The summed E-state index contributed by atoms with van der Waals surface area (Å²) in [7, 11) is 1.44. The van der Waals surface area contributed by atoms with Gasteiger partial charge in [-0.2, -0.15) is 18.0 Å². The molecule has 4 rings (SSSR count). The summed E-state index contributed by atoms with van der Waals surface area (Å²) in [6.07, 6.45) is -4.76.